The highest BCUT2D eigenvalue weighted by Gasteiger charge is 2.06. The number of imidazole rings is 1. The second kappa shape index (κ2) is 5.67. The zero-order valence-electron chi connectivity index (χ0n) is 9.74. The quantitative estimate of drug-likeness (QED) is 0.898. The number of rotatable bonds is 4. The van der Waals surface area contributed by atoms with Crippen molar-refractivity contribution in [1.82, 2.24) is 9.55 Å². The van der Waals surface area contributed by atoms with Crippen molar-refractivity contribution in [3.63, 3.8) is 0 Å². The topological polar surface area (TPSA) is 56.2 Å². The minimum absolute atomic E-state index is 0.0949. The number of carbonyl (C=O) groups is 1. The molecule has 5 nitrogen and oxygen atoms in total. The van der Waals surface area contributed by atoms with E-state index < -0.39 is 6.09 Å². The summed E-state index contributed by atoms with van der Waals surface area (Å²) in [5.74, 6) is 0.619. The average Bonchev–Trinajstić information content (AvgIpc) is 2.85. The van der Waals surface area contributed by atoms with Crippen LogP contribution in [-0.2, 0) is 11.3 Å². The third kappa shape index (κ3) is 2.98. The molecule has 0 aliphatic carbocycles. The Morgan fingerprint density at radius 1 is 1.44 bits per heavy atom. The molecule has 1 amide bonds. The van der Waals surface area contributed by atoms with Crippen molar-refractivity contribution < 1.29 is 9.53 Å². The summed E-state index contributed by atoms with van der Waals surface area (Å²) in [6.07, 6.45) is 4.44. The fourth-order valence-corrected chi connectivity index (χ4v) is 1.43. The van der Waals surface area contributed by atoms with Gasteiger partial charge in [0.2, 0.25) is 0 Å². The van der Waals surface area contributed by atoms with E-state index in [1.54, 1.807) is 35.3 Å². The van der Waals surface area contributed by atoms with E-state index in [9.17, 15) is 4.79 Å². The molecule has 0 radical (unpaired) electrons. The SMILES string of the molecule is C=Cn1ccnc1COC(=O)Nc1ccccc1. The smallest absolute Gasteiger partial charge is 0.412 e. The van der Waals surface area contributed by atoms with Crippen LogP contribution in [-0.4, -0.2) is 15.6 Å². The Morgan fingerprint density at radius 2 is 2.22 bits per heavy atom. The summed E-state index contributed by atoms with van der Waals surface area (Å²) in [5.41, 5.74) is 0.689. The fourth-order valence-electron chi connectivity index (χ4n) is 1.43. The molecule has 1 N–H and O–H groups in total. The summed E-state index contributed by atoms with van der Waals surface area (Å²) in [7, 11) is 0. The maximum Gasteiger partial charge on any atom is 0.412 e. The standard InChI is InChI=1S/C13H13N3O2/c1-2-16-9-8-14-12(16)10-18-13(17)15-11-6-4-3-5-7-11/h2-9H,1,10H2,(H,15,17). The lowest BCUT2D eigenvalue weighted by atomic mass is 10.3. The molecule has 92 valence electrons. The number of aromatic nitrogens is 2. The van der Waals surface area contributed by atoms with Gasteiger partial charge >= 0.3 is 6.09 Å². The second-order valence-corrected chi connectivity index (χ2v) is 3.50. The zero-order valence-corrected chi connectivity index (χ0v) is 9.74. The highest BCUT2D eigenvalue weighted by atomic mass is 16.5. The number of anilines is 1. The first-order chi connectivity index (χ1) is 8.79. The van der Waals surface area contributed by atoms with Gasteiger partial charge in [0, 0.05) is 24.3 Å². The van der Waals surface area contributed by atoms with Crippen molar-refractivity contribution in [2.75, 3.05) is 5.32 Å². The molecule has 0 atom stereocenters. The second-order valence-electron chi connectivity index (χ2n) is 3.50. The molecule has 0 aliphatic heterocycles. The van der Waals surface area contributed by atoms with Gasteiger partial charge in [-0.15, -0.1) is 0 Å². The van der Waals surface area contributed by atoms with Gasteiger partial charge in [0.1, 0.15) is 0 Å². The lowest BCUT2D eigenvalue weighted by Crippen LogP contribution is -2.14. The van der Waals surface area contributed by atoms with Gasteiger partial charge in [-0.1, -0.05) is 24.8 Å². The van der Waals surface area contributed by atoms with Gasteiger partial charge in [-0.05, 0) is 12.1 Å². The number of nitrogens with zero attached hydrogens (tertiary/aromatic N) is 2. The summed E-state index contributed by atoms with van der Waals surface area (Å²) in [5, 5.41) is 2.62. The summed E-state index contributed by atoms with van der Waals surface area (Å²) in [4.78, 5) is 15.6. The van der Waals surface area contributed by atoms with Crippen LogP contribution in [0.2, 0.25) is 0 Å². The molecule has 0 saturated heterocycles. The molecule has 0 aliphatic rings. The fraction of sp³-hybridized carbons (Fsp3) is 0.0769. The van der Waals surface area contributed by atoms with Crippen LogP contribution in [0.3, 0.4) is 0 Å². The van der Waals surface area contributed by atoms with Crippen molar-refractivity contribution >= 4 is 18.0 Å². The van der Waals surface area contributed by atoms with Gasteiger partial charge in [0.05, 0.1) is 0 Å². The predicted octanol–water partition coefficient (Wildman–Crippen LogP) is 2.73. The van der Waals surface area contributed by atoms with E-state index in [0.717, 1.165) is 0 Å². The van der Waals surface area contributed by atoms with Gasteiger partial charge in [0.25, 0.3) is 0 Å². The number of ether oxygens (including phenoxy) is 1. The van der Waals surface area contributed by atoms with Crippen LogP contribution in [0, 0.1) is 0 Å². The number of amides is 1. The molecule has 1 heterocycles. The predicted molar refractivity (Wildman–Crippen MR) is 68.9 cm³/mol. The van der Waals surface area contributed by atoms with Crippen LogP contribution >= 0.6 is 0 Å². The highest BCUT2D eigenvalue weighted by molar-refractivity contribution is 5.84. The van der Waals surface area contributed by atoms with E-state index in [0.29, 0.717) is 11.5 Å². The number of benzene rings is 1. The first-order valence-corrected chi connectivity index (χ1v) is 5.42. The van der Waals surface area contributed by atoms with E-state index in [1.807, 2.05) is 18.2 Å². The third-order valence-corrected chi connectivity index (χ3v) is 2.30. The number of nitrogens with one attached hydrogen (secondary N) is 1. The Kier molecular flexibility index (Phi) is 3.76. The van der Waals surface area contributed by atoms with E-state index >= 15 is 0 Å². The van der Waals surface area contributed by atoms with Crippen LogP contribution in [0.1, 0.15) is 5.82 Å². The number of hydrogen-bond donors (Lipinski definition) is 1. The minimum atomic E-state index is -0.514. The lowest BCUT2D eigenvalue weighted by molar-refractivity contribution is 0.151. The van der Waals surface area contributed by atoms with Crippen LogP contribution in [0.4, 0.5) is 10.5 Å². The van der Waals surface area contributed by atoms with Gasteiger partial charge in [-0.25, -0.2) is 9.78 Å². The normalized spacial score (nSPS) is 9.78. The Bertz CT molecular complexity index is 534. The molecule has 1 aromatic carbocycles. The Morgan fingerprint density at radius 3 is 2.94 bits per heavy atom. The van der Waals surface area contributed by atoms with E-state index in [-0.39, 0.29) is 6.61 Å². The molecular weight excluding hydrogens is 230 g/mol. The zero-order chi connectivity index (χ0) is 12.8. The van der Waals surface area contributed by atoms with Gasteiger partial charge in [-0.3, -0.25) is 5.32 Å². The first-order valence-electron chi connectivity index (χ1n) is 5.42. The summed E-state index contributed by atoms with van der Waals surface area (Å²) in [6, 6.07) is 9.11. The maximum atomic E-state index is 11.5. The minimum Gasteiger partial charge on any atom is -0.441 e. The Hall–Kier alpha value is -2.56. The number of hydrogen-bond acceptors (Lipinski definition) is 3. The van der Waals surface area contributed by atoms with Gasteiger partial charge < -0.3 is 9.30 Å². The molecule has 0 unspecified atom stereocenters. The molecule has 5 heteroatoms. The molecule has 18 heavy (non-hydrogen) atoms. The monoisotopic (exact) mass is 243 g/mol. The Labute approximate surface area is 105 Å². The van der Waals surface area contributed by atoms with Crippen molar-refractivity contribution in [2.24, 2.45) is 0 Å². The van der Waals surface area contributed by atoms with Gasteiger partial charge in [-0.2, -0.15) is 0 Å². The van der Waals surface area contributed by atoms with E-state index in [4.69, 9.17) is 4.74 Å². The van der Waals surface area contributed by atoms with E-state index in [2.05, 4.69) is 16.9 Å². The summed E-state index contributed by atoms with van der Waals surface area (Å²) < 4.78 is 6.74. The van der Waals surface area contributed by atoms with Crippen LogP contribution in [0.15, 0.2) is 49.3 Å². The largest absolute Gasteiger partial charge is 0.441 e. The van der Waals surface area contributed by atoms with Crippen molar-refractivity contribution in [2.45, 2.75) is 6.61 Å². The number of para-hydroxylation sites is 1. The van der Waals surface area contributed by atoms with Crippen molar-refractivity contribution in [1.29, 1.82) is 0 Å². The average molecular weight is 243 g/mol. The molecule has 2 rings (SSSR count). The third-order valence-electron chi connectivity index (χ3n) is 2.30. The molecule has 2 aromatic rings. The van der Waals surface area contributed by atoms with Crippen LogP contribution < -0.4 is 5.32 Å². The lowest BCUT2D eigenvalue weighted by Gasteiger charge is -2.06. The molecule has 0 fully saturated rings. The van der Waals surface area contributed by atoms with Gasteiger partial charge in [0.15, 0.2) is 12.4 Å². The molecule has 0 saturated carbocycles. The molecule has 1 aromatic heterocycles. The number of carbonyl (C=O) groups excluding carboxylic acids is 1. The van der Waals surface area contributed by atoms with Crippen molar-refractivity contribution in [3.8, 4) is 0 Å². The highest BCUT2D eigenvalue weighted by Crippen LogP contribution is 2.06. The van der Waals surface area contributed by atoms with Crippen LogP contribution in [0.25, 0.3) is 6.20 Å². The molecule has 0 bridgehead atoms. The first kappa shape index (κ1) is 11.9. The molecule has 0 spiro atoms. The maximum absolute atomic E-state index is 11.5. The van der Waals surface area contributed by atoms with E-state index in [1.165, 1.54) is 0 Å². The van der Waals surface area contributed by atoms with Crippen LogP contribution in [0.5, 0.6) is 0 Å². The Balaban J connectivity index is 1.87. The van der Waals surface area contributed by atoms with Crippen molar-refractivity contribution in [3.05, 3.63) is 55.1 Å². The summed E-state index contributed by atoms with van der Waals surface area (Å²) in [6.45, 7) is 3.72. The molecular formula is C13H13N3O2. The summed E-state index contributed by atoms with van der Waals surface area (Å²) >= 11 is 0.